The molecule has 4 saturated carbocycles. The molecular weight excluding hydrogens is 505 g/mol. The van der Waals surface area contributed by atoms with Crippen molar-refractivity contribution < 1.29 is 36.2 Å². The summed E-state index contributed by atoms with van der Waals surface area (Å²) in [6.45, 7) is -0.904. The molecule has 0 aliphatic heterocycles. The number of nitrogens with one attached hydrogen (secondary N) is 3. The Kier molecular flexibility index (Phi) is 5.51. The molecule has 0 saturated heterocycles. The maximum atomic E-state index is 15.2. The van der Waals surface area contributed by atoms with E-state index in [1.807, 2.05) is 0 Å². The average molecular weight is 527 g/mol. The number of aromatic nitrogens is 5. The van der Waals surface area contributed by atoms with E-state index in [0.29, 0.717) is 24.5 Å². The number of fused-ring (bicyclic) bond motifs is 1. The van der Waals surface area contributed by atoms with Gasteiger partial charge in [-0.05, 0) is 38.0 Å². The minimum Gasteiger partial charge on any atom is -0.443 e. The van der Waals surface area contributed by atoms with E-state index < -0.39 is 43.1 Å². The van der Waals surface area contributed by atoms with Gasteiger partial charge in [0.2, 0.25) is 5.95 Å². The number of alkyl carbamates (subject to hydrolysis) is 1. The third-order valence-electron chi connectivity index (χ3n) is 7.28. The van der Waals surface area contributed by atoms with E-state index in [2.05, 4.69) is 35.5 Å². The lowest BCUT2D eigenvalue weighted by Gasteiger charge is -2.61. The third kappa shape index (κ3) is 4.55. The predicted molar refractivity (Wildman–Crippen MR) is 116 cm³/mol. The summed E-state index contributed by atoms with van der Waals surface area (Å²) >= 11 is 0. The van der Waals surface area contributed by atoms with Crippen molar-refractivity contribution in [3.05, 3.63) is 35.7 Å². The highest BCUT2D eigenvalue weighted by molar-refractivity contribution is 5.69. The van der Waals surface area contributed by atoms with E-state index in [0.717, 1.165) is 36.1 Å². The van der Waals surface area contributed by atoms with Crippen LogP contribution in [0.15, 0.2) is 18.5 Å². The molecule has 4 aliphatic carbocycles. The van der Waals surface area contributed by atoms with Crippen LogP contribution >= 0.6 is 0 Å². The Bertz CT molecular complexity index is 1320. The predicted octanol–water partition coefficient (Wildman–Crippen LogP) is 4.23. The standard InChI is InChI=1S/C22H22F5N7O3/c23-13-7-28-19(34-8-11(29-18(13)34)9-36-22(25,26)27)30-16-3-14(32-33-16)12-1-2-15(17(12)24)37-20(35)31-21-4-10(5-21)6-21/h3,7-8,10,12,15,17H,1-2,4-6,9H2,(H,31,35)(H2,28,30,32,33)/t10?,12-,15-,17+,21?/m1/s1. The number of rotatable bonds is 7. The van der Waals surface area contributed by atoms with Crippen molar-refractivity contribution in [2.24, 2.45) is 5.92 Å². The lowest BCUT2D eigenvalue weighted by Crippen LogP contribution is -2.68. The van der Waals surface area contributed by atoms with E-state index in [1.165, 1.54) is 0 Å². The van der Waals surface area contributed by atoms with Crippen molar-refractivity contribution in [3.63, 3.8) is 0 Å². The van der Waals surface area contributed by atoms with Gasteiger partial charge in [0.1, 0.15) is 12.3 Å². The number of carbonyl (C=O) groups is 1. The molecule has 2 bridgehead atoms. The second-order valence-electron chi connectivity index (χ2n) is 9.88. The van der Waals surface area contributed by atoms with E-state index in [4.69, 9.17) is 4.74 Å². The third-order valence-corrected chi connectivity index (χ3v) is 7.28. The summed E-state index contributed by atoms with van der Waals surface area (Å²) in [4.78, 5) is 20.0. The van der Waals surface area contributed by atoms with Crippen molar-refractivity contribution in [3.8, 4) is 0 Å². The van der Waals surface area contributed by atoms with Crippen molar-refractivity contribution in [2.45, 2.75) is 68.8 Å². The summed E-state index contributed by atoms with van der Waals surface area (Å²) in [7, 11) is 0. The molecule has 37 heavy (non-hydrogen) atoms. The molecule has 3 aromatic heterocycles. The normalized spacial score (nSPS) is 28.6. The molecule has 198 valence electrons. The van der Waals surface area contributed by atoms with Crippen LogP contribution in [0, 0.1) is 11.7 Å². The number of H-pyrrole nitrogens is 1. The minimum absolute atomic E-state index is 0.0231. The summed E-state index contributed by atoms with van der Waals surface area (Å²) in [5.74, 6) is -0.503. The number of halogens is 5. The summed E-state index contributed by atoms with van der Waals surface area (Å²) in [5, 5.41) is 12.5. The fraction of sp³-hybridized carbons (Fsp3) is 0.545. The largest absolute Gasteiger partial charge is 0.522 e. The van der Waals surface area contributed by atoms with Gasteiger partial charge in [-0.2, -0.15) is 5.10 Å². The van der Waals surface area contributed by atoms with Crippen LogP contribution < -0.4 is 10.6 Å². The summed E-state index contributed by atoms with van der Waals surface area (Å²) in [6.07, 6.45) is -2.11. The summed E-state index contributed by atoms with van der Waals surface area (Å²) < 4.78 is 76.6. The molecule has 7 rings (SSSR count). The maximum absolute atomic E-state index is 15.2. The molecule has 3 heterocycles. The van der Waals surface area contributed by atoms with Gasteiger partial charge in [-0.25, -0.2) is 23.5 Å². The van der Waals surface area contributed by atoms with Crippen molar-refractivity contribution >= 4 is 23.5 Å². The van der Waals surface area contributed by atoms with E-state index in [9.17, 15) is 22.4 Å². The number of amides is 1. The Labute approximate surface area is 205 Å². The first-order chi connectivity index (χ1) is 17.6. The molecule has 3 aromatic rings. The number of aromatic amines is 1. The lowest BCUT2D eigenvalue weighted by atomic mass is 9.50. The Hall–Kier alpha value is -3.49. The smallest absolute Gasteiger partial charge is 0.443 e. The number of anilines is 2. The molecule has 3 atom stereocenters. The number of carbonyl (C=O) groups excluding carboxylic acids is 1. The fourth-order valence-electron chi connectivity index (χ4n) is 5.41. The van der Waals surface area contributed by atoms with E-state index >= 15 is 4.39 Å². The SMILES string of the molecule is O=C(NC12CC(C1)C2)O[C@@H]1CC[C@H](c2cc(Nc3ncc(F)c4nc(COC(F)(F)F)cn34)n[nH]2)[C@@H]1F. The van der Waals surface area contributed by atoms with Gasteiger partial charge in [0, 0.05) is 29.4 Å². The molecule has 4 fully saturated rings. The summed E-state index contributed by atoms with van der Waals surface area (Å²) in [6, 6.07) is 1.54. The average Bonchev–Trinajstić information content (AvgIpc) is 3.50. The first-order valence-electron chi connectivity index (χ1n) is 11.8. The zero-order valence-corrected chi connectivity index (χ0v) is 19.2. The highest BCUT2D eigenvalue weighted by Crippen LogP contribution is 2.57. The van der Waals surface area contributed by atoms with E-state index in [1.54, 1.807) is 6.07 Å². The molecular formula is C22H22F5N7O3. The maximum Gasteiger partial charge on any atom is 0.522 e. The van der Waals surface area contributed by atoms with Gasteiger partial charge in [0.25, 0.3) is 0 Å². The first-order valence-corrected chi connectivity index (χ1v) is 11.8. The van der Waals surface area contributed by atoms with Crippen LogP contribution in [0.3, 0.4) is 0 Å². The van der Waals surface area contributed by atoms with Gasteiger partial charge in [-0.1, -0.05) is 0 Å². The van der Waals surface area contributed by atoms with Gasteiger partial charge in [0.15, 0.2) is 17.3 Å². The molecule has 4 aliphatic rings. The van der Waals surface area contributed by atoms with Gasteiger partial charge in [0.05, 0.1) is 18.5 Å². The van der Waals surface area contributed by atoms with Gasteiger partial charge in [-0.15, -0.1) is 13.2 Å². The summed E-state index contributed by atoms with van der Waals surface area (Å²) in [5.41, 5.74) is -0.114. The number of ether oxygens (including phenoxy) is 2. The highest BCUT2D eigenvalue weighted by Gasteiger charge is 2.58. The van der Waals surface area contributed by atoms with Crippen LogP contribution in [0.5, 0.6) is 0 Å². The van der Waals surface area contributed by atoms with Crippen LogP contribution in [0.4, 0.5) is 38.5 Å². The molecule has 15 heteroatoms. The van der Waals surface area contributed by atoms with Gasteiger partial charge in [-0.3, -0.25) is 14.2 Å². The minimum atomic E-state index is -4.86. The van der Waals surface area contributed by atoms with Crippen LogP contribution in [0.25, 0.3) is 5.65 Å². The van der Waals surface area contributed by atoms with E-state index in [-0.39, 0.29) is 28.6 Å². The lowest BCUT2D eigenvalue weighted by molar-refractivity contribution is -0.330. The molecule has 0 radical (unpaired) electrons. The Morgan fingerprint density at radius 3 is 2.76 bits per heavy atom. The molecule has 0 unspecified atom stereocenters. The van der Waals surface area contributed by atoms with Crippen molar-refractivity contribution in [1.29, 1.82) is 0 Å². The quantitative estimate of drug-likeness (QED) is 0.394. The Balaban J connectivity index is 1.11. The van der Waals surface area contributed by atoms with Crippen LogP contribution in [0.1, 0.15) is 49.4 Å². The zero-order valence-electron chi connectivity index (χ0n) is 19.2. The monoisotopic (exact) mass is 527 g/mol. The topological polar surface area (TPSA) is 118 Å². The van der Waals surface area contributed by atoms with Gasteiger partial charge < -0.3 is 15.4 Å². The Morgan fingerprint density at radius 2 is 2.05 bits per heavy atom. The number of hydrogen-bond donors (Lipinski definition) is 3. The first kappa shape index (κ1) is 23.9. The number of alkyl halides is 4. The number of hydrogen-bond acceptors (Lipinski definition) is 7. The van der Waals surface area contributed by atoms with Crippen molar-refractivity contribution in [2.75, 3.05) is 5.32 Å². The second-order valence-corrected chi connectivity index (χ2v) is 9.88. The molecule has 10 nitrogen and oxygen atoms in total. The second kappa shape index (κ2) is 8.53. The van der Waals surface area contributed by atoms with Crippen LogP contribution in [0.2, 0.25) is 0 Å². The molecule has 0 aromatic carbocycles. The van der Waals surface area contributed by atoms with Crippen LogP contribution in [-0.4, -0.2) is 54.8 Å². The molecule has 3 N–H and O–H groups in total. The molecule has 0 spiro atoms. The van der Waals surface area contributed by atoms with Crippen LogP contribution in [-0.2, 0) is 16.1 Å². The number of imidazole rings is 1. The highest BCUT2D eigenvalue weighted by atomic mass is 19.4. The van der Waals surface area contributed by atoms with Gasteiger partial charge >= 0.3 is 12.5 Å². The Morgan fingerprint density at radius 1 is 1.27 bits per heavy atom. The fourth-order valence-corrected chi connectivity index (χ4v) is 5.41. The zero-order chi connectivity index (χ0) is 25.9. The number of nitrogens with zero attached hydrogens (tertiary/aromatic N) is 4. The van der Waals surface area contributed by atoms with Crippen molar-refractivity contribution in [1.82, 2.24) is 29.9 Å². The molecule has 1 amide bonds.